The SMILES string of the molecule is CCOCOc1ccc(C(C)=O)c(OCOCC)c1. The van der Waals surface area contributed by atoms with Gasteiger partial charge in [-0.25, -0.2) is 0 Å². The lowest BCUT2D eigenvalue weighted by atomic mass is 10.1. The van der Waals surface area contributed by atoms with Crippen molar-refractivity contribution in [2.45, 2.75) is 20.8 Å². The molecular formula is C14H20O5. The Morgan fingerprint density at radius 1 is 1.05 bits per heavy atom. The number of hydrogen-bond acceptors (Lipinski definition) is 5. The first-order valence-corrected chi connectivity index (χ1v) is 6.25. The van der Waals surface area contributed by atoms with Crippen LogP contribution in [0.2, 0.25) is 0 Å². The number of carbonyl (C=O) groups is 1. The number of benzene rings is 1. The van der Waals surface area contributed by atoms with Gasteiger partial charge in [-0.3, -0.25) is 4.79 Å². The van der Waals surface area contributed by atoms with Crippen molar-refractivity contribution in [2.24, 2.45) is 0 Å². The number of rotatable bonds is 9. The Morgan fingerprint density at radius 3 is 2.26 bits per heavy atom. The lowest BCUT2D eigenvalue weighted by Gasteiger charge is -2.12. The summed E-state index contributed by atoms with van der Waals surface area (Å²) in [6, 6.07) is 5.04. The third kappa shape index (κ3) is 5.28. The fourth-order valence-electron chi connectivity index (χ4n) is 1.38. The molecule has 1 aromatic carbocycles. The van der Waals surface area contributed by atoms with Crippen LogP contribution >= 0.6 is 0 Å². The highest BCUT2D eigenvalue weighted by molar-refractivity contribution is 5.97. The van der Waals surface area contributed by atoms with E-state index in [1.165, 1.54) is 6.92 Å². The molecule has 19 heavy (non-hydrogen) atoms. The zero-order valence-corrected chi connectivity index (χ0v) is 11.6. The monoisotopic (exact) mass is 268 g/mol. The quantitative estimate of drug-likeness (QED) is 0.391. The number of hydrogen-bond donors (Lipinski definition) is 0. The summed E-state index contributed by atoms with van der Waals surface area (Å²) >= 11 is 0. The summed E-state index contributed by atoms with van der Waals surface area (Å²) in [5.41, 5.74) is 0.503. The second-order valence-corrected chi connectivity index (χ2v) is 3.72. The van der Waals surface area contributed by atoms with Crippen LogP contribution in [-0.4, -0.2) is 32.6 Å². The highest BCUT2D eigenvalue weighted by Crippen LogP contribution is 2.25. The Labute approximate surface area is 113 Å². The minimum Gasteiger partial charge on any atom is -0.467 e. The third-order valence-electron chi connectivity index (χ3n) is 2.35. The van der Waals surface area contributed by atoms with Gasteiger partial charge in [0.15, 0.2) is 19.4 Å². The van der Waals surface area contributed by atoms with Gasteiger partial charge in [0.1, 0.15) is 11.5 Å². The molecule has 0 atom stereocenters. The Kier molecular flexibility index (Phi) is 6.92. The van der Waals surface area contributed by atoms with Gasteiger partial charge in [-0.2, -0.15) is 0 Å². The summed E-state index contributed by atoms with van der Waals surface area (Å²) in [6.07, 6.45) is 0. The first-order valence-electron chi connectivity index (χ1n) is 6.25. The first kappa shape index (κ1) is 15.5. The highest BCUT2D eigenvalue weighted by Gasteiger charge is 2.10. The maximum atomic E-state index is 11.5. The number of ether oxygens (including phenoxy) is 4. The average Bonchev–Trinajstić information content (AvgIpc) is 2.39. The molecule has 5 nitrogen and oxygen atoms in total. The van der Waals surface area contributed by atoms with E-state index in [0.717, 1.165) is 0 Å². The minimum atomic E-state index is -0.0668. The fourth-order valence-corrected chi connectivity index (χ4v) is 1.38. The summed E-state index contributed by atoms with van der Waals surface area (Å²) in [7, 11) is 0. The lowest BCUT2D eigenvalue weighted by molar-refractivity contribution is 0.0179. The van der Waals surface area contributed by atoms with Crippen LogP contribution in [0.1, 0.15) is 31.1 Å². The van der Waals surface area contributed by atoms with E-state index in [9.17, 15) is 4.79 Å². The third-order valence-corrected chi connectivity index (χ3v) is 2.35. The second-order valence-electron chi connectivity index (χ2n) is 3.72. The normalized spacial score (nSPS) is 10.3. The van der Waals surface area contributed by atoms with Crippen molar-refractivity contribution in [1.29, 1.82) is 0 Å². The van der Waals surface area contributed by atoms with Crippen molar-refractivity contribution < 1.29 is 23.7 Å². The standard InChI is InChI=1S/C14H20O5/c1-4-16-9-18-12-6-7-13(11(3)15)14(8-12)19-10-17-5-2/h6-8H,4-5,9-10H2,1-3H3. The van der Waals surface area contributed by atoms with E-state index in [0.29, 0.717) is 30.3 Å². The molecular weight excluding hydrogens is 248 g/mol. The van der Waals surface area contributed by atoms with Crippen molar-refractivity contribution in [3.63, 3.8) is 0 Å². The van der Waals surface area contributed by atoms with E-state index in [4.69, 9.17) is 18.9 Å². The van der Waals surface area contributed by atoms with Crippen molar-refractivity contribution in [3.05, 3.63) is 23.8 Å². The summed E-state index contributed by atoms with van der Waals surface area (Å²) in [5.74, 6) is 0.975. The number of ketones is 1. The van der Waals surface area contributed by atoms with E-state index >= 15 is 0 Å². The second kappa shape index (κ2) is 8.50. The van der Waals surface area contributed by atoms with Gasteiger partial charge < -0.3 is 18.9 Å². The molecule has 0 unspecified atom stereocenters. The zero-order valence-electron chi connectivity index (χ0n) is 11.6. The van der Waals surface area contributed by atoms with Gasteiger partial charge >= 0.3 is 0 Å². The smallest absolute Gasteiger partial charge is 0.189 e. The van der Waals surface area contributed by atoms with Crippen LogP contribution in [0.3, 0.4) is 0 Å². The summed E-state index contributed by atoms with van der Waals surface area (Å²) in [6.45, 7) is 6.65. The van der Waals surface area contributed by atoms with E-state index < -0.39 is 0 Å². The molecule has 0 aromatic heterocycles. The molecule has 106 valence electrons. The van der Waals surface area contributed by atoms with Gasteiger partial charge in [0.2, 0.25) is 0 Å². The van der Waals surface area contributed by atoms with Crippen molar-refractivity contribution >= 4 is 5.78 Å². The molecule has 0 aliphatic heterocycles. The van der Waals surface area contributed by atoms with E-state index in [2.05, 4.69) is 0 Å². The molecule has 0 aliphatic carbocycles. The first-order chi connectivity index (χ1) is 9.19. The molecule has 0 N–H and O–H groups in total. The number of Topliss-reactive ketones (excluding diaryl/α,β-unsaturated/α-hetero) is 1. The Hall–Kier alpha value is -1.59. The van der Waals surface area contributed by atoms with Crippen LogP contribution in [0.15, 0.2) is 18.2 Å². The zero-order chi connectivity index (χ0) is 14.1. The van der Waals surface area contributed by atoms with E-state index in [-0.39, 0.29) is 19.4 Å². The summed E-state index contributed by atoms with van der Waals surface area (Å²) < 4.78 is 21.0. The van der Waals surface area contributed by atoms with Crippen LogP contribution < -0.4 is 9.47 Å². The molecule has 5 heteroatoms. The molecule has 1 rings (SSSR count). The molecule has 0 amide bonds. The van der Waals surface area contributed by atoms with Crippen molar-refractivity contribution in [3.8, 4) is 11.5 Å². The van der Waals surface area contributed by atoms with Crippen LogP contribution in [0, 0.1) is 0 Å². The lowest BCUT2D eigenvalue weighted by Crippen LogP contribution is -2.07. The predicted molar refractivity (Wildman–Crippen MR) is 70.7 cm³/mol. The summed E-state index contributed by atoms with van der Waals surface area (Å²) in [4.78, 5) is 11.5. The van der Waals surface area contributed by atoms with Crippen LogP contribution in [0.4, 0.5) is 0 Å². The Balaban J connectivity index is 2.75. The van der Waals surface area contributed by atoms with Gasteiger partial charge in [-0.05, 0) is 32.9 Å². The van der Waals surface area contributed by atoms with Gasteiger partial charge in [0.05, 0.1) is 5.56 Å². The van der Waals surface area contributed by atoms with Crippen LogP contribution in [0.5, 0.6) is 11.5 Å². The molecule has 0 radical (unpaired) electrons. The Bertz CT molecular complexity index is 403. The van der Waals surface area contributed by atoms with E-state index in [1.807, 2.05) is 13.8 Å². The average molecular weight is 268 g/mol. The van der Waals surface area contributed by atoms with Gasteiger partial charge in [0, 0.05) is 19.3 Å². The van der Waals surface area contributed by atoms with Crippen LogP contribution in [0.25, 0.3) is 0 Å². The molecule has 0 spiro atoms. The number of carbonyl (C=O) groups excluding carboxylic acids is 1. The van der Waals surface area contributed by atoms with Gasteiger partial charge in [0.25, 0.3) is 0 Å². The molecule has 0 saturated heterocycles. The topological polar surface area (TPSA) is 54.0 Å². The fraction of sp³-hybridized carbons (Fsp3) is 0.500. The van der Waals surface area contributed by atoms with Gasteiger partial charge in [-0.15, -0.1) is 0 Å². The molecule has 0 aliphatic rings. The van der Waals surface area contributed by atoms with Crippen LogP contribution in [-0.2, 0) is 9.47 Å². The minimum absolute atomic E-state index is 0.0668. The van der Waals surface area contributed by atoms with Crippen molar-refractivity contribution in [1.82, 2.24) is 0 Å². The van der Waals surface area contributed by atoms with E-state index in [1.54, 1.807) is 18.2 Å². The molecule has 0 fully saturated rings. The molecule has 1 aromatic rings. The molecule has 0 saturated carbocycles. The highest BCUT2D eigenvalue weighted by atomic mass is 16.7. The summed E-state index contributed by atoms with van der Waals surface area (Å²) in [5, 5.41) is 0. The maximum Gasteiger partial charge on any atom is 0.189 e. The predicted octanol–water partition coefficient (Wildman–Crippen LogP) is 2.63. The van der Waals surface area contributed by atoms with Gasteiger partial charge in [-0.1, -0.05) is 0 Å². The molecule has 0 heterocycles. The molecule has 0 bridgehead atoms. The Morgan fingerprint density at radius 2 is 1.68 bits per heavy atom. The van der Waals surface area contributed by atoms with Crippen molar-refractivity contribution in [2.75, 3.05) is 26.8 Å². The largest absolute Gasteiger partial charge is 0.467 e. The maximum absolute atomic E-state index is 11.5.